The fourth-order valence-corrected chi connectivity index (χ4v) is 3.49. The average Bonchev–Trinajstić information content (AvgIpc) is 3.07. The van der Waals surface area contributed by atoms with Crippen LogP contribution >= 0.6 is 11.6 Å². The van der Waals surface area contributed by atoms with Crippen molar-refractivity contribution in [2.45, 2.75) is 25.8 Å². The third-order valence-corrected chi connectivity index (χ3v) is 4.90. The molecule has 0 radical (unpaired) electrons. The molecule has 1 atom stereocenters. The number of nitrogens with zero attached hydrogens (tertiary/aromatic N) is 4. The molecular formula is C18H18ClFN6O. The Kier molecular flexibility index (Phi) is 4.65. The highest BCUT2D eigenvalue weighted by Gasteiger charge is 2.23. The number of halogens is 2. The summed E-state index contributed by atoms with van der Waals surface area (Å²) in [5.41, 5.74) is 1.35. The maximum atomic E-state index is 14.3. The van der Waals surface area contributed by atoms with Gasteiger partial charge in [0.15, 0.2) is 17.5 Å². The summed E-state index contributed by atoms with van der Waals surface area (Å²) < 4.78 is 14.3. The molecule has 1 aliphatic rings. The minimum absolute atomic E-state index is 0.0218. The highest BCUT2D eigenvalue weighted by Crippen LogP contribution is 2.28. The van der Waals surface area contributed by atoms with Gasteiger partial charge in [-0.15, -0.1) is 0 Å². The molecule has 7 nitrogen and oxygen atoms in total. The lowest BCUT2D eigenvalue weighted by molar-refractivity contribution is -0.129. The first-order chi connectivity index (χ1) is 13.0. The molecule has 0 aromatic carbocycles. The molecule has 0 bridgehead atoms. The highest BCUT2D eigenvalue weighted by atomic mass is 35.5. The number of carbonyl (C=O) groups is 1. The molecule has 27 heavy (non-hydrogen) atoms. The summed E-state index contributed by atoms with van der Waals surface area (Å²) in [4.78, 5) is 29.1. The molecule has 140 valence electrons. The molecule has 0 spiro atoms. The van der Waals surface area contributed by atoms with Gasteiger partial charge < -0.3 is 15.2 Å². The van der Waals surface area contributed by atoms with Crippen LogP contribution in [0, 0.1) is 5.82 Å². The number of piperidine rings is 1. The van der Waals surface area contributed by atoms with Crippen LogP contribution in [-0.2, 0) is 4.79 Å². The first kappa shape index (κ1) is 17.7. The van der Waals surface area contributed by atoms with Crippen molar-refractivity contribution in [2.75, 3.05) is 18.4 Å². The van der Waals surface area contributed by atoms with Gasteiger partial charge in [-0.05, 0) is 18.9 Å². The molecule has 9 heteroatoms. The Balaban J connectivity index is 1.63. The van der Waals surface area contributed by atoms with Crippen LogP contribution in [0.4, 0.5) is 10.2 Å². The van der Waals surface area contributed by atoms with E-state index in [1.165, 1.54) is 0 Å². The smallest absolute Gasteiger partial charge is 0.219 e. The Labute approximate surface area is 160 Å². The third-order valence-electron chi connectivity index (χ3n) is 4.69. The summed E-state index contributed by atoms with van der Waals surface area (Å²) >= 11 is 6.04. The van der Waals surface area contributed by atoms with E-state index in [0.29, 0.717) is 28.6 Å². The van der Waals surface area contributed by atoms with E-state index >= 15 is 0 Å². The van der Waals surface area contributed by atoms with E-state index in [1.54, 1.807) is 30.3 Å². The molecule has 1 amide bonds. The van der Waals surface area contributed by atoms with Gasteiger partial charge in [-0.1, -0.05) is 11.6 Å². The van der Waals surface area contributed by atoms with E-state index in [2.05, 4.69) is 25.3 Å². The topological polar surface area (TPSA) is 86.8 Å². The van der Waals surface area contributed by atoms with Crippen LogP contribution in [-0.4, -0.2) is 49.9 Å². The Morgan fingerprint density at radius 1 is 1.41 bits per heavy atom. The monoisotopic (exact) mass is 388 g/mol. The van der Waals surface area contributed by atoms with E-state index in [1.807, 2.05) is 0 Å². The highest BCUT2D eigenvalue weighted by molar-refractivity contribution is 6.31. The van der Waals surface area contributed by atoms with Crippen molar-refractivity contribution in [3.8, 4) is 11.4 Å². The first-order valence-electron chi connectivity index (χ1n) is 8.69. The van der Waals surface area contributed by atoms with Crippen molar-refractivity contribution in [3.05, 3.63) is 35.5 Å². The normalized spacial score (nSPS) is 17.3. The van der Waals surface area contributed by atoms with Crippen molar-refractivity contribution in [3.63, 3.8) is 0 Å². The lowest BCUT2D eigenvalue weighted by Gasteiger charge is -2.32. The van der Waals surface area contributed by atoms with Crippen LogP contribution in [0.1, 0.15) is 19.8 Å². The number of aromatic amines is 1. The zero-order valence-electron chi connectivity index (χ0n) is 14.7. The molecule has 4 rings (SSSR count). The molecule has 3 aromatic rings. The van der Waals surface area contributed by atoms with E-state index < -0.39 is 5.82 Å². The van der Waals surface area contributed by atoms with E-state index in [4.69, 9.17) is 11.6 Å². The Bertz CT molecular complexity index is 1010. The lowest BCUT2D eigenvalue weighted by Crippen LogP contribution is -2.44. The van der Waals surface area contributed by atoms with E-state index in [0.717, 1.165) is 31.0 Å². The molecule has 1 saturated heterocycles. The van der Waals surface area contributed by atoms with Gasteiger partial charge in [0.1, 0.15) is 5.65 Å². The van der Waals surface area contributed by atoms with Crippen molar-refractivity contribution < 1.29 is 9.18 Å². The predicted octanol–water partition coefficient (Wildman–Crippen LogP) is 3.24. The zero-order chi connectivity index (χ0) is 19.0. The second kappa shape index (κ2) is 7.11. The molecule has 3 aromatic heterocycles. The van der Waals surface area contributed by atoms with Gasteiger partial charge in [-0.2, -0.15) is 0 Å². The van der Waals surface area contributed by atoms with Gasteiger partial charge >= 0.3 is 0 Å². The summed E-state index contributed by atoms with van der Waals surface area (Å²) in [5, 5.41) is 4.38. The molecule has 0 aliphatic carbocycles. The van der Waals surface area contributed by atoms with Crippen LogP contribution in [0.25, 0.3) is 22.4 Å². The maximum absolute atomic E-state index is 14.3. The molecule has 1 fully saturated rings. The number of likely N-dealkylation sites (tertiary alicyclic amines) is 1. The minimum Gasteiger partial charge on any atom is -0.363 e. The summed E-state index contributed by atoms with van der Waals surface area (Å²) in [6.07, 6.45) is 6.13. The summed E-state index contributed by atoms with van der Waals surface area (Å²) in [6, 6.07) is 1.71. The number of rotatable bonds is 3. The molecular weight excluding hydrogens is 371 g/mol. The number of amides is 1. The van der Waals surface area contributed by atoms with Crippen molar-refractivity contribution in [1.82, 2.24) is 24.8 Å². The van der Waals surface area contributed by atoms with Gasteiger partial charge in [-0.25, -0.2) is 19.3 Å². The van der Waals surface area contributed by atoms with Gasteiger partial charge in [0.05, 0.1) is 11.2 Å². The minimum atomic E-state index is -0.533. The van der Waals surface area contributed by atoms with Gasteiger partial charge in [0, 0.05) is 49.4 Å². The number of nitrogens with one attached hydrogen (secondary N) is 2. The quantitative estimate of drug-likeness (QED) is 0.719. The molecule has 0 saturated carbocycles. The second-order valence-electron chi connectivity index (χ2n) is 6.59. The van der Waals surface area contributed by atoms with E-state index in [9.17, 15) is 9.18 Å². The van der Waals surface area contributed by atoms with Gasteiger partial charge in [0.25, 0.3) is 0 Å². The average molecular weight is 389 g/mol. The standard InChI is InChI=1S/C18H18ClFN6O/c1-10(27)26-4-2-3-12(9-26)24-18-15(20)8-23-17(25-18)14-7-22-16-13(14)5-11(19)6-21-16/h5-8,12H,2-4,9H2,1H3,(H,21,22)(H,23,24,25). The number of pyridine rings is 1. The summed E-state index contributed by atoms with van der Waals surface area (Å²) in [5.74, 6) is -0.0172. The van der Waals surface area contributed by atoms with Gasteiger partial charge in [0.2, 0.25) is 5.91 Å². The van der Waals surface area contributed by atoms with Crippen molar-refractivity contribution >= 4 is 34.4 Å². The second-order valence-corrected chi connectivity index (χ2v) is 7.03. The van der Waals surface area contributed by atoms with Crippen LogP contribution in [0.15, 0.2) is 24.7 Å². The summed E-state index contributed by atoms with van der Waals surface area (Å²) in [6.45, 7) is 2.80. The number of anilines is 1. The van der Waals surface area contributed by atoms with E-state index in [-0.39, 0.29) is 17.8 Å². The van der Waals surface area contributed by atoms with Crippen LogP contribution in [0.5, 0.6) is 0 Å². The molecule has 4 heterocycles. The number of fused-ring (bicyclic) bond motifs is 1. The van der Waals surface area contributed by atoms with Crippen LogP contribution in [0.3, 0.4) is 0 Å². The lowest BCUT2D eigenvalue weighted by atomic mass is 10.1. The summed E-state index contributed by atoms with van der Waals surface area (Å²) in [7, 11) is 0. The zero-order valence-corrected chi connectivity index (χ0v) is 15.4. The fourth-order valence-electron chi connectivity index (χ4n) is 3.34. The van der Waals surface area contributed by atoms with Crippen LogP contribution < -0.4 is 5.32 Å². The molecule has 1 aliphatic heterocycles. The Morgan fingerprint density at radius 3 is 3.07 bits per heavy atom. The maximum Gasteiger partial charge on any atom is 0.219 e. The molecule has 2 N–H and O–H groups in total. The molecule has 1 unspecified atom stereocenters. The number of carbonyl (C=O) groups excluding carboxylic acids is 1. The number of hydrogen-bond donors (Lipinski definition) is 2. The Hall–Kier alpha value is -2.74. The Morgan fingerprint density at radius 2 is 2.26 bits per heavy atom. The fraction of sp³-hybridized carbons (Fsp3) is 0.333. The third kappa shape index (κ3) is 3.57. The van der Waals surface area contributed by atoms with Crippen LogP contribution in [0.2, 0.25) is 5.02 Å². The van der Waals surface area contributed by atoms with Gasteiger partial charge in [-0.3, -0.25) is 4.79 Å². The largest absolute Gasteiger partial charge is 0.363 e. The van der Waals surface area contributed by atoms with Crippen molar-refractivity contribution in [1.29, 1.82) is 0 Å². The number of H-pyrrole nitrogens is 1. The number of aromatic nitrogens is 4. The SMILES string of the molecule is CC(=O)N1CCCC(Nc2nc(-c3c[nH]c4ncc(Cl)cc34)ncc2F)C1. The van der Waals surface area contributed by atoms with Crippen molar-refractivity contribution in [2.24, 2.45) is 0 Å². The number of hydrogen-bond acceptors (Lipinski definition) is 5. The first-order valence-corrected chi connectivity index (χ1v) is 9.06. The predicted molar refractivity (Wildman–Crippen MR) is 101 cm³/mol.